The summed E-state index contributed by atoms with van der Waals surface area (Å²) in [6, 6.07) is 7.02. The van der Waals surface area contributed by atoms with Crippen molar-refractivity contribution in [1.29, 1.82) is 0 Å². The number of hydrogen-bond donors (Lipinski definition) is 1. The molecule has 0 aliphatic rings. The number of carbonyl (C=O) groups is 1. The molecule has 0 radical (unpaired) electrons. The van der Waals surface area contributed by atoms with Crippen LogP contribution in [0.15, 0.2) is 30.5 Å². The summed E-state index contributed by atoms with van der Waals surface area (Å²) in [6.07, 6.45) is 1.69. The molecule has 1 aromatic heterocycles. The lowest BCUT2D eigenvalue weighted by atomic mass is 10.1. The lowest BCUT2D eigenvalue weighted by Gasteiger charge is -2.07. The van der Waals surface area contributed by atoms with Crippen LogP contribution in [0.4, 0.5) is 5.69 Å². The molecular formula is C12H12N2O2. The van der Waals surface area contributed by atoms with Gasteiger partial charge in [0.05, 0.1) is 23.4 Å². The normalized spacial score (nSPS) is 10.3. The van der Waals surface area contributed by atoms with E-state index in [0.29, 0.717) is 17.9 Å². The lowest BCUT2D eigenvalue weighted by Crippen LogP contribution is -2.08. The predicted molar refractivity (Wildman–Crippen MR) is 62.1 cm³/mol. The predicted octanol–water partition coefficient (Wildman–Crippen LogP) is 1.99. The largest absolute Gasteiger partial charge is 0.462 e. The highest BCUT2D eigenvalue weighted by Crippen LogP contribution is 2.23. The van der Waals surface area contributed by atoms with E-state index in [4.69, 9.17) is 10.5 Å². The van der Waals surface area contributed by atoms with Crippen LogP contribution >= 0.6 is 0 Å². The number of nitrogens with two attached hydrogens (primary N) is 1. The third kappa shape index (κ3) is 1.69. The summed E-state index contributed by atoms with van der Waals surface area (Å²) in [5.41, 5.74) is 7.49. The highest BCUT2D eigenvalue weighted by Gasteiger charge is 2.12. The Labute approximate surface area is 93.0 Å². The van der Waals surface area contributed by atoms with Gasteiger partial charge < -0.3 is 10.5 Å². The van der Waals surface area contributed by atoms with Crippen LogP contribution in [-0.2, 0) is 4.74 Å². The molecule has 0 aliphatic carbocycles. The topological polar surface area (TPSA) is 65.2 Å². The van der Waals surface area contributed by atoms with Crippen LogP contribution in [0, 0.1) is 0 Å². The molecule has 2 aromatic rings. The number of esters is 1. The van der Waals surface area contributed by atoms with E-state index >= 15 is 0 Å². The molecule has 2 rings (SSSR count). The number of nitrogens with zero attached hydrogens (tertiary/aromatic N) is 1. The van der Waals surface area contributed by atoms with Crippen molar-refractivity contribution in [3.63, 3.8) is 0 Å². The standard InChI is InChI=1S/C12H12N2O2/c1-2-16-12(15)9-5-6-10-8(11(9)13)4-3-7-14-10/h3-7H,2,13H2,1H3. The first-order valence-corrected chi connectivity index (χ1v) is 5.04. The van der Waals surface area contributed by atoms with Gasteiger partial charge >= 0.3 is 5.97 Å². The van der Waals surface area contributed by atoms with Gasteiger partial charge in [-0.3, -0.25) is 4.98 Å². The first-order valence-electron chi connectivity index (χ1n) is 5.04. The van der Waals surface area contributed by atoms with Crippen molar-refractivity contribution in [2.75, 3.05) is 12.3 Å². The van der Waals surface area contributed by atoms with Gasteiger partial charge in [0.25, 0.3) is 0 Å². The number of aromatic nitrogens is 1. The average molecular weight is 216 g/mol. The lowest BCUT2D eigenvalue weighted by molar-refractivity contribution is 0.0528. The molecule has 1 heterocycles. The first kappa shape index (κ1) is 10.4. The van der Waals surface area contributed by atoms with E-state index in [1.807, 2.05) is 6.07 Å². The van der Waals surface area contributed by atoms with Gasteiger partial charge in [0, 0.05) is 11.6 Å². The first-order chi connectivity index (χ1) is 7.74. The quantitative estimate of drug-likeness (QED) is 0.616. The minimum Gasteiger partial charge on any atom is -0.462 e. The number of ether oxygens (including phenoxy) is 1. The maximum atomic E-state index is 11.6. The summed E-state index contributed by atoms with van der Waals surface area (Å²) in [5, 5.41) is 0.771. The molecule has 0 saturated carbocycles. The van der Waals surface area contributed by atoms with Crippen LogP contribution in [0.25, 0.3) is 10.9 Å². The molecule has 4 heteroatoms. The molecule has 2 N–H and O–H groups in total. The summed E-state index contributed by atoms with van der Waals surface area (Å²) in [7, 11) is 0. The number of rotatable bonds is 2. The monoisotopic (exact) mass is 216 g/mol. The molecule has 0 atom stereocenters. The van der Waals surface area contributed by atoms with Crippen molar-refractivity contribution < 1.29 is 9.53 Å². The maximum absolute atomic E-state index is 11.6. The van der Waals surface area contributed by atoms with Crippen LogP contribution in [0.3, 0.4) is 0 Å². The van der Waals surface area contributed by atoms with Gasteiger partial charge in [-0.25, -0.2) is 4.79 Å². The van der Waals surface area contributed by atoms with Crippen molar-refractivity contribution in [3.8, 4) is 0 Å². The molecule has 0 saturated heterocycles. The fourth-order valence-electron chi connectivity index (χ4n) is 1.56. The number of anilines is 1. The van der Waals surface area contributed by atoms with Crippen LogP contribution in [0.1, 0.15) is 17.3 Å². The van der Waals surface area contributed by atoms with E-state index in [-0.39, 0.29) is 0 Å². The Hall–Kier alpha value is -2.10. The number of pyridine rings is 1. The summed E-state index contributed by atoms with van der Waals surface area (Å²) in [5.74, 6) is -0.397. The third-order valence-electron chi connectivity index (χ3n) is 2.32. The van der Waals surface area contributed by atoms with Crippen LogP contribution < -0.4 is 5.73 Å². The molecule has 1 aromatic carbocycles. The van der Waals surface area contributed by atoms with Crippen molar-refractivity contribution in [2.24, 2.45) is 0 Å². The minimum atomic E-state index is -0.397. The third-order valence-corrected chi connectivity index (χ3v) is 2.32. The Morgan fingerprint density at radius 1 is 1.44 bits per heavy atom. The highest BCUT2D eigenvalue weighted by molar-refractivity contribution is 6.04. The van der Waals surface area contributed by atoms with E-state index in [9.17, 15) is 4.79 Å². The molecule has 0 fully saturated rings. The Morgan fingerprint density at radius 3 is 3.00 bits per heavy atom. The Bertz CT molecular complexity index is 538. The number of benzene rings is 1. The summed E-state index contributed by atoms with van der Waals surface area (Å²) in [4.78, 5) is 15.7. The van der Waals surface area contributed by atoms with Crippen molar-refractivity contribution in [2.45, 2.75) is 6.92 Å². The molecule has 0 amide bonds. The Morgan fingerprint density at radius 2 is 2.25 bits per heavy atom. The average Bonchev–Trinajstić information content (AvgIpc) is 2.30. The zero-order chi connectivity index (χ0) is 11.5. The van der Waals surface area contributed by atoms with Gasteiger partial charge in [-0.05, 0) is 31.2 Å². The Kier molecular flexibility index (Phi) is 2.72. The smallest absolute Gasteiger partial charge is 0.340 e. The van der Waals surface area contributed by atoms with Gasteiger partial charge in [0.1, 0.15) is 0 Å². The molecule has 16 heavy (non-hydrogen) atoms. The minimum absolute atomic E-state index is 0.337. The molecule has 82 valence electrons. The highest BCUT2D eigenvalue weighted by atomic mass is 16.5. The fraction of sp³-hybridized carbons (Fsp3) is 0.167. The number of fused-ring (bicyclic) bond motifs is 1. The Balaban J connectivity index is 2.56. The zero-order valence-corrected chi connectivity index (χ0v) is 8.93. The van der Waals surface area contributed by atoms with E-state index in [2.05, 4.69) is 4.98 Å². The molecule has 0 unspecified atom stereocenters. The number of carbonyl (C=O) groups excluding carboxylic acids is 1. The second kappa shape index (κ2) is 4.18. The van der Waals surface area contributed by atoms with Crippen LogP contribution in [0.5, 0.6) is 0 Å². The van der Waals surface area contributed by atoms with Gasteiger partial charge in [-0.1, -0.05) is 0 Å². The van der Waals surface area contributed by atoms with Crippen molar-refractivity contribution >= 4 is 22.6 Å². The van der Waals surface area contributed by atoms with Gasteiger partial charge in [0.15, 0.2) is 0 Å². The van der Waals surface area contributed by atoms with E-state index in [0.717, 1.165) is 10.9 Å². The van der Waals surface area contributed by atoms with Gasteiger partial charge in [-0.2, -0.15) is 0 Å². The maximum Gasteiger partial charge on any atom is 0.340 e. The van der Waals surface area contributed by atoms with Crippen molar-refractivity contribution in [3.05, 3.63) is 36.0 Å². The summed E-state index contributed by atoms with van der Waals surface area (Å²) in [6.45, 7) is 2.10. The molecule has 0 bridgehead atoms. The number of hydrogen-bond acceptors (Lipinski definition) is 4. The molecule has 4 nitrogen and oxygen atoms in total. The van der Waals surface area contributed by atoms with Gasteiger partial charge in [-0.15, -0.1) is 0 Å². The van der Waals surface area contributed by atoms with Gasteiger partial charge in [0.2, 0.25) is 0 Å². The number of nitrogen functional groups attached to an aromatic ring is 1. The SMILES string of the molecule is CCOC(=O)c1ccc2ncccc2c1N. The van der Waals surface area contributed by atoms with Crippen molar-refractivity contribution in [1.82, 2.24) is 4.98 Å². The molecule has 0 aliphatic heterocycles. The van der Waals surface area contributed by atoms with E-state index in [1.54, 1.807) is 31.3 Å². The van der Waals surface area contributed by atoms with Crippen LogP contribution in [0.2, 0.25) is 0 Å². The summed E-state index contributed by atoms with van der Waals surface area (Å²) >= 11 is 0. The molecule has 0 spiro atoms. The summed E-state index contributed by atoms with van der Waals surface area (Å²) < 4.78 is 4.92. The van der Waals surface area contributed by atoms with E-state index in [1.165, 1.54) is 0 Å². The second-order valence-corrected chi connectivity index (χ2v) is 3.32. The molecular weight excluding hydrogens is 204 g/mol. The second-order valence-electron chi connectivity index (χ2n) is 3.32. The fourth-order valence-corrected chi connectivity index (χ4v) is 1.56. The zero-order valence-electron chi connectivity index (χ0n) is 8.93. The van der Waals surface area contributed by atoms with E-state index < -0.39 is 5.97 Å². The van der Waals surface area contributed by atoms with Crippen LogP contribution in [-0.4, -0.2) is 17.6 Å².